The highest BCUT2D eigenvalue weighted by Crippen LogP contribution is 2.39. The third-order valence-corrected chi connectivity index (χ3v) is 3.53. The normalized spacial score (nSPS) is 11.8. The van der Waals surface area contributed by atoms with Gasteiger partial charge in [-0.25, -0.2) is 9.59 Å². The fourth-order valence-corrected chi connectivity index (χ4v) is 2.72. The molecule has 8 nitrogen and oxygen atoms in total. The average Bonchev–Trinajstić information content (AvgIpc) is 2.82. The van der Waals surface area contributed by atoms with Gasteiger partial charge in [0.1, 0.15) is 11.1 Å². The van der Waals surface area contributed by atoms with Gasteiger partial charge in [-0.15, -0.1) is 0 Å². The van der Waals surface area contributed by atoms with Gasteiger partial charge in [-0.2, -0.15) is 0 Å². The van der Waals surface area contributed by atoms with Gasteiger partial charge in [0.15, 0.2) is 0 Å². The number of carbonyl (C=O) groups excluding carboxylic acids is 3. The van der Waals surface area contributed by atoms with Gasteiger partial charge in [-0.3, -0.25) is 9.69 Å². The van der Waals surface area contributed by atoms with Crippen LogP contribution in [0, 0.1) is 0 Å². The minimum Gasteiger partial charge on any atom is -0.462 e. The van der Waals surface area contributed by atoms with Crippen LogP contribution in [0.4, 0.5) is 11.8 Å². The Bertz CT molecular complexity index is 737. The van der Waals surface area contributed by atoms with Crippen molar-refractivity contribution < 1.29 is 28.3 Å². The Morgan fingerprint density at radius 1 is 0.929 bits per heavy atom. The number of furan rings is 1. The van der Waals surface area contributed by atoms with E-state index in [0.717, 1.165) is 0 Å². The molecule has 158 valence electrons. The van der Waals surface area contributed by atoms with E-state index in [1.165, 1.54) is 11.8 Å². The van der Waals surface area contributed by atoms with Crippen LogP contribution in [-0.4, -0.2) is 42.1 Å². The Morgan fingerprint density at radius 2 is 1.39 bits per heavy atom. The van der Waals surface area contributed by atoms with Crippen LogP contribution < -0.4 is 10.2 Å². The second-order valence-corrected chi connectivity index (χ2v) is 8.33. The summed E-state index contributed by atoms with van der Waals surface area (Å²) in [6.45, 7) is 15.9. The molecule has 1 aromatic heterocycles. The summed E-state index contributed by atoms with van der Waals surface area (Å²) in [6.07, 6.45) is 0. The molecule has 0 aliphatic heterocycles. The SMILES string of the molecule is CCOC(=O)c1c(NC(C)(C)C)oc(N(C(C)=O)C(C)(C)C)c1C(=O)OCC. The summed E-state index contributed by atoms with van der Waals surface area (Å²) in [6, 6.07) is 0. The molecular formula is C20H32N2O6. The fourth-order valence-electron chi connectivity index (χ4n) is 2.72. The molecule has 1 amide bonds. The van der Waals surface area contributed by atoms with Gasteiger partial charge in [-0.1, -0.05) is 0 Å². The highest BCUT2D eigenvalue weighted by molar-refractivity contribution is 6.12. The lowest BCUT2D eigenvalue weighted by molar-refractivity contribution is -0.117. The minimum absolute atomic E-state index is 0.0479. The molecule has 0 spiro atoms. The van der Waals surface area contributed by atoms with Gasteiger partial charge in [-0.05, 0) is 55.4 Å². The lowest BCUT2D eigenvalue weighted by atomic mass is 10.0. The second-order valence-electron chi connectivity index (χ2n) is 8.33. The summed E-state index contributed by atoms with van der Waals surface area (Å²) < 4.78 is 16.2. The Balaban J connectivity index is 3.87. The molecule has 0 aliphatic carbocycles. The lowest BCUT2D eigenvalue weighted by Gasteiger charge is -2.33. The van der Waals surface area contributed by atoms with Crippen LogP contribution in [0.15, 0.2) is 4.42 Å². The summed E-state index contributed by atoms with van der Waals surface area (Å²) >= 11 is 0. The second kappa shape index (κ2) is 8.67. The number of ether oxygens (including phenoxy) is 2. The molecule has 0 aliphatic rings. The predicted molar refractivity (Wildman–Crippen MR) is 107 cm³/mol. The van der Waals surface area contributed by atoms with Crippen molar-refractivity contribution >= 4 is 29.6 Å². The molecule has 0 radical (unpaired) electrons. The molecule has 0 unspecified atom stereocenters. The number of hydrogen-bond donors (Lipinski definition) is 1. The topological polar surface area (TPSA) is 98.1 Å². The maximum atomic E-state index is 12.8. The van der Waals surface area contributed by atoms with E-state index >= 15 is 0 Å². The van der Waals surface area contributed by atoms with Crippen LogP contribution in [0.1, 0.15) is 83.0 Å². The van der Waals surface area contributed by atoms with Gasteiger partial charge in [0.2, 0.25) is 17.7 Å². The molecule has 1 N–H and O–H groups in total. The maximum absolute atomic E-state index is 12.8. The van der Waals surface area contributed by atoms with E-state index < -0.39 is 23.0 Å². The summed E-state index contributed by atoms with van der Waals surface area (Å²) in [5.74, 6) is -1.83. The Kier molecular flexibility index (Phi) is 7.28. The molecule has 0 fully saturated rings. The van der Waals surface area contributed by atoms with Crippen LogP contribution in [-0.2, 0) is 14.3 Å². The number of carbonyl (C=O) groups is 3. The molecule has 0 saturated heterocycles. The summed E-state index contributed by atoms with van der Waals surface area (Å²) in [5.41, 5.74) is -1.40. The lowest BCUT2D eigenvalue weighted by Crippen LogP contribution is -2.45. The summed E-state index contributed by atoms with van der Waals surface area (Å²) in [5, 5.41) is 3.08. The van der Waals surface area contributed by atoms with Crippen molar-refractivity contribution in [1.82, 2.24) is 0 Å². The number of rotatable bonds is 6. The van der Waals surface area contributed by atoms with E-state index in [9.17, 15) is 14.4 Å². The van der Waals surface area contributed by atoms with Crippen LogP contribution in [0.5, 0.6) is 0 Å². The molecule has 8 heteroatoms. The van der Waals surface area contributed by atoms with Crippen molar-refractivity contribution in [3.05, 3.63) is 11.1 Å². The van der Waals surface area contributed by atoms with Crippen molar-refractivity contribution in [2.75, 3.05) is 23.4 Å². The quantitative estimate of drug-likeness (QED) is 0.726. The first-order chi connectivity index (χ1) is 12.7. The molecule has 1 heterocycles. The number of nitrogens with one attached hydrogen (secondary N) is 1. The zero-order chi connectivity index (χ0) is 21.9. The zero-order valence-electron chi connectivity index (χ0n) is 18.3. The van der Waals surface area contributed by atoms with Crippen LogP contribution in [0.3, 0.4) is 0 Å². The van der Waals surface area contributed by atoms with Gasteiger partial charge < -0.3 is 19.2 Å². The largest absolute Gasteiger partial charge is 0.462 e. The molecule has 0 aromatic carbocycles. The number of nitrogens with zero attached hydrogens (tertiary/aromatic N) is 1. The van der Waals surface area contributed by atoms with Crippen molar-refractivity contribution in [2.24, 2.45) is 0 Å². The van der Waals surface area contributed by atoms with Crippen LogP contribution in [0.2, 0.25) is 0 Å². The maximum Gasteiger partial charge on any atom is 0.344 e. The van der Waals surface area contributed by atoms with E-state index in [0.29, 0.717) is 0 Å². The first kappa shape index (κ1) is 23.5. The third-order valence-electron chi connectivity index (χ3n) is 3.53. The standard InChI is InChI=1S/C20H32N2O6/c1-10-26-17(24)13-14(18(25)27-11-2)16(22(12(3)23)20(7,8)9)28-15(13)21-19(4,5)6/h21H,10-11H2,1-9H3. The first-order valence-electron chi connectivity index (χ1n) is 9.34. The monoisotopic (exact) mass is 396 g/mol. The third kappa shape index (κ3) is 5.50. The minimum atomic E-state index is -0.762. The molecule has 0 bridgehead atoms. The highest BCUT2D eigenvalue weighted by atomic mass is 16.5. The highest BCUT2D eigenvalue weighted by Gasteiger charge is 2.40. The van der Waals surface area contributed by atoms with Crippen LogP contribution in [0.25, 0.3) is 0 Å². The van der Waals surface area contributed by atoms with Gasteiger partial charge in [0.25, 0.3) is 0 Å². The number of hydrogen-bond acceptors (Lipinski definition) is 7. The summed E-state index contributed by atoms with van der Waals surface area (Å²) in [4.78, 5) is 39.2. The van der Waals surface area contributed by atoms with Crippen molar-refractivity contribution in [3.63, 3.8) is 0 Å². The van der Waals surface area contributed by atoms with Gasteiger partial charge in [0.05, 0.1) is 13.2 Å². The summed E-state index contributed by atoms with van der Waals surface area (Å²) in [7, 11) is 0. The number of amides is 1. The smallest absolute Gasteiger partial charge is 0.344 e. The van der Waals surface area contributed by atoms with Crippen molar-refractivity contribution in [1.29, 1.82) is 0 Å². The molecule has 0 saturated carbocycles. The van der Waals surface area contributed by atoms with Crippen molar-refractivity contribution in [3.8, 4) is 0 Å². The fraction of sp³-hybridized carbons (Fsp3) is 0.650. The van der Waals surface area contributed by atoms with Crippen LogP contribution >= 0.6 is 0 Å². The molecular weight excluding hydrogens is 364 g/mol. The molecule has 1 aromatic rings. The van der Waals surface area contributed by atoms with E-state index in [1.807, 2.05) is 20.8 Å². The predicted octanol–water partition coefficient (Wildman–Crippen LogP) is 3.99. The van der Waals surface area contributed by atoms with Gasteiger partial charge >= 0.3 is 11.9 Å². The molecule has 28 heavy (non-hydrogen) atoms. The first-order valence-corrected chi connectivity index (χ1v) is 9.34. The number of anilines is 2. The average molecular weight is 396 g/mol. The zero-order valence-corrected chi connectivity index (χ0v) is 18.3. The number of esters is 2. The Morgan fingerprint density at radius 3 is 1.75 bits per heavy atom. The Labute approximate surface area is 166 Å². The molecule has 1 rings (SSSR count). The van der Waals surface area contributed by atoms with E-state index in [2.05, 4.69) is 5.32 Å². The molecule has 0 atom stereocenters. The van der Waals surface area contributed by atoms with E-state index in [1.54, 1.807) is 34.6 Å². The Hall–Kier alpha value is -2.51. The van der Waals surface area contributed by atoms with E-state index in [-0.39, 0.29) is 42.0 Å². The van der Waals surface area contributed by atoms with E-state index in [4.69, 9.17) is 13.9 Å². The van der Waals surface area contributed by atoms with Gasteiger partial charge in [0, 0.05) is 18.0 Å². The van der Waals surface area contributed by atoms with Crippen molar-refractivity contribution in [2.45, 2.75) is 73.4 Å².